The number of carbonyl (C=O) groups excluding carboxylic acids is 2. The molecular formula is C17H9Cl2FN2O3S. The number of rotatable bonds is 2. The Bertz CT molecular complexity index is 971. The number of hydrogen-bond donors (Lipinski definition) is 2. The first-order valence-corrected chi connectivity index (χ1v) is 8.30. The number of thiocarbonyl (C=S) groups is 1. The minimum absolute atomic E-state index is 0.0468. The fourth-order valence-electron chi connectivity index (χ4n) is 2.34. The van der Waals surface area contributed by atoms with Crippen LogP contribution in [0.15, 0.2) is 42.0 Å². The molecule has 1 saturated heterocycles. The van der Waals surface area contributed by atoms with Gasteiger partial charge in [0.15, 0.2) is 10.9 Å². The molecule has 1 aliphatic heterocycles. The Kier molecular flexibility index (Phi) is 4.95. The van der Waals surface area contributed by atoms with Gasteiger partial charge in [0.1, 0.15) is 11.4 Å². The van der Waals surface area contributed by atoms with Crippen molar-refractivity contribution in [1.29, 1.82) is 0 Å². The number of benzene rings is 2. The molecule has 0 bridgehead atoms. The summed E-state index contributed by atoms with van der Waals surface area (Å²) in [6.45, 7) is 0. The second-order valence-corrected chi connectivity index (χ2v) is 6.44. The van der Waals surface area contributed by atoms with Crippen LogP contribution in [0.1, 0.15) is 5.56 Å². The summed E-state index contributed by atoms with van der Waals surface area (Å²) in [5.74, 6) is -2.53. The van der Waals surface area contributed by atoms with E-state index in [1.165, 1.54) is 42.5 Å². The molecule has 3 rings (SSSR count). The number of phenolic OH excluding ortho intramolecular Hbond substituents is 1. The molecule has 9 heteroatoms. The first-order valence-electron chi connectivity index (χ1n) is 7.13. The lowest BCUT2D eigenvalue weighted by molar-refractivity contribution is -0.122. The smallest absolute Gasteiger partial charge is 0.270 e. The van der Waals surface area contributed by atoms with Crippen molar-refractivity contribution in [2.75, 3.05) is 4.90 Å². The first kappa shape index (κ1) is 18.3. The van der Waals surface area contributed by atoms with Crippen molar-refractivity contribution in [3.63, 3.8) is 0 Å². The fourth-order valence-corrected chi connectivity index (χ4v) is 3.12. The van der Waals surface area contributed by atoms with E-state index in [-0.39, 0.29) is 32.2 Å². The highest BCUT2D eigenvalue weighted by atomic mass is 35.5. The van der Waals surface area contributed by atoms with Crippen LogP contribution >= 0.6 is 35.4 Å². The molecule has 0 unspecified atom stereocenters. The Balaban J connectivity index is 2.07. The number of halogens is 3. The predicted molar refractivity (Wildman–Crippen MR) is 101 cm³/mol. The van der Waals surface area contributed by atoms with Crippen LogP contribution in [-0.2, 0) is 9.59 Å². The third kappa shape index (κ3) is 3.29. The van der Waals surface area contributed by atoms with E-state index in [2.05, 4.69) is 5.32 Å². The van der Waals surface area contributed by atoms with Gasteiger partial charge in [-0.05, 0) is 48.1 Å². The molecule has 0 aliphatic carbocycles. The number of nitrogens with zero attached hydrogens (tertiary/aromatic N) is 1. The fraction of sp³-hybridized carbons (Fsp3) is 0. The van der Waals surface area contributed by atoms with E-state index in [1.807, 2.05) is 0 Å². The minimum Gasteiger partial charge on any atom is -0.505 e. The summed E-state index contributed by atoms with van der Waals surface area (Å²) in [6.07, 6.45) is 1.23. The van der Waals surface area contributed by atoms with Crippen LogP contribution in [0.3, 0.4) is 0 Å². The highest BCUT2D eigenvalue weighted by molar-refractivity contribution is 7.80. The first-order chi connectivity index (χ1) is 12.3. The summed E-state index contributed by atoms with van der Waals surface area (Å²) >= 11 is 16.7. The summed E-state index contributed by atoms with van der Waals surface area (Å²) in [7, 11) is 0. The number of phenols is 1. The highest BCUT2D eigenvalue weighted by Gasteiger charge is 2.35. The van der Waals surface area contributed by atoms with Crippen LogP contribution in [-0.4, -0.2) is 22.0 Å². The van der Waals surface area contributed by atoms with E-state index in [1.54, 1.807) is 0 Å². The second kappa shape index (κ2) is 7.03. The van der Waals surface area contributed by atoms with Crippen molar-refractivity contribution < 1.29 is 19.1 Å². The van der Waals surface area contributed by atoms with Crippen LogP contribution in [0.5, 0.6) is 5.75 Å². The zero-order valence-corrected chi connectivity index (χ0v) is 15.1. The number of amides is 2. The molecule has 2 N–H and O–H groups in total. The van der Waals surface area contributed by atoms with Gasteiger partial charge in [0, 0.05) is 0 Å². The topological polar surface area (TPSA) is 69.6 Å². The molecule has 1 fully saturated rings. The van der Waals surface area contributed by atoms with Crippen molar-refractivity contribution in [1.82, 2.24) is 5.32 Å². The van der Waals surface area contributed by atoms with Crippen LogP contribution < -0.4 is 10.2 Å². The van der Waals surface area contributed by atoms with Crippen LogP contribution in [0.25, 0.3) is 6.08 Å². The quantitative estimate of drug-likeness (QED) is 0.450. The van der Waals surface area contributed by atoms with Gasteiger partial charge in [0.05, 0.1) is 15.7 Å². The molecule has 0 saturated carbocycles. The van der Waals surface area contributed by atoms with Crippen molar-refractivity contribution in [3.05, 3.63) is 63.4 Å². The molecule has 5 nitrogen and oxygen atoms in total. The van der Waals surface area contributed by atoms with Gasteiger partial charge in [-0.1, -0.05) is 35.3 Å². The van der Waals surface area contributed by atoms with Crippen molar-refractivity contribution in [2.24, 2.45) is 0 Å². The molecule has 0 spiro atoms. The molecule has 26 heavy (non-hydrogen) atoms. The number of aromatic hydroxyl groups is 1. The Morgan fingerprint density at radius 2 is 1.77 bits per heavy atom. The van der Waals surface area contributed by atoms with Gasteiger partial charge < -0.3 is 5.11 Å². The molecule has 132 valence electrons. The monoisotopic (exact) mass is 410 g/mol. The van der Waals surface area contributed by atoms with Crippen molar-refractivity contribution >= 4 is 64.1 Å². The molecule has 2 amide bonds. The maximum atomic E-state index is 14.1. The minimum atomic E-state index is -0.802. The highest BCUT2D eigenvalue weighted by Crippen LogP contribution is 2.34. The molecular weight excluding hydrogens is 402 g/mol. The maximum Gasteiger partial charge on any atom is 0.270 e. The van der Waals surface area contributed by atoms with Gasteiger partial charge in [0.25, 0.3) is 11.8 Å². The lowest BCUT2D eigenvalue weighted by Crippen LogP contribution is -2.54. The van der Waals surface area contributed by atoms with Crippen molar-refractivity contribution in [2.45, 2.75) is 0 Å². The van der Waals surface area contributed by atoms with Crippen LogP contribution in [0.4, 0.5) is 10.1 Å². The zero-order chi connectivity index (χ0) is 19.0. The van der Waals surface area contributed by atoms with Crippen LogP contribution in [0, 0.1) is 5.82 Å². The largest absolute Gasteiger partial charge is 0.505 e. The van der Waals surface area contributed by atoms with Gasteiger partial charge in [0.2, 0.25) is 0 Å². The average Bonchev–Trinajstić information content (AvgIpc) is 2.58. The van der Waals surface area contributed by atoms with Crippen LogP contribution in [0.2, 0.25) is 10.0 Å². The number of hydrogen-bond acceptors (Lipinski definition) is 4. The van der Waals surface area contributed by atoms with E-state index in [0.29, 0.717) is 5.56 Å². The number of anilines is 1. The number of nitrogens with one attached hydrogen (secondary N) is 1. The van der Waals surface area contributed by atoms with E-state index in [9.17, 15) is 19.1 Å². The maximum absolute atomic E-state index is 14.1. The lowest BCUT2D eigenvalue weighted by Gasteiger charge is -2.29. The average molecular weight is 411 g/mol. The number of para-hydroxylation sites is 1. The third-order valence-corrected chi connectivity index (χ3v) is 4.41. The summed E-state index contributed by atoms with van der Waals surface area (Å²) < 4.78 is 14.1. The van der Waals surface area contributed by atoms with E-state index in [4.69, 9.17) is 35.4 Å². The Morgan fingerprint density at radius 1 is 1.15 bits per heavy atom. The Labute approximate surface area is 162 Å². The van der Waals surface area contributed by atoms with E-state index < -0.39 is 17.6 Å². The third-order valence-electron chi connectivity index (χ3n) is 3.55. The Morgan fingerprint density at radius 3 is 2.38 bits per heavy atom. The lowest BCUT2D eigenvalue weighted by atomic mass is 10.1. The number of carbonyl (C=O) groups is 2. The van der Waals surface area contributed by atoms with Gasteiger partial charge in [-0.3, -0.25) is 14.9 Å². The molecule has 1 aliphatic rings. The van der Waals surface area contributed by atoms with Gasteiger partial charge in [-0.25, -0.2) is 9.29 Å². The molecule has 2 aromatic rings. The van der Waals surface area contributed by atoms with E-state index >= 15 is 0 Å². The SMILES string of the molecule is O=C1NC(=S)N(c2ccccc2F)C(=O)/C1=C/c1cc(Cl)c(O)c(Cl)c1. The van der Waals surface area contributed by atoms with Gasteiger partial charge in [-0.2, -0.15) is 0 Å². The normalized spacial score (nSPS) is 16.2. The molecule has 0 atom stereocenters. The zero-order valence-electron chi connectivity index (χ0n) is 12.8. The summed E-state index contributed by atoms with van der Waals surface area (Å²) in [6, 6.07) is 8.20. The Hall–Kier alpha value is -2.48. The molecule has 0 radical (unpaired) electrons. The second-order valence-electron chi connectivity index (χ2n) is 5.24. The van der Waals surface area contributed by atoms with Gasteiger partial charge >= 0.3 is 0 Å². The van der Waals surface area contributed by atoms with Crippen molar-refractivity contribution in [3.8, 4) is 5.75 Å². The summed E-state index contributed by atoms with van der Waals surface area (Å²) in [4.78, 5) is 25.9. The standard InChI is InChI=1S/C17H9Cl2FN2O3S/c18-10-6-8(7-11(19)14(10)23)5-9-15(24)21-17(26)22(16(9)25)13-4-2-1-3-12(13)20/h1-7,23H,(H,21,24,26)/b9-5+. The van der Waals surface area contributed by atoms with Gasteiger partial charge in [-0.15, -0.1) is 0 Å². The summed E-state index contributed by atoms with van der Waals surface area (Å²) in [5.41, 5.74) is -0.0764. The predicted octanol–water partition coefficient (Wildman–Crippen LogP) is 3.67. The molecule has 0 aromatic heterocycles. The van der Waals surface area contributed by atoms with E-state index in [0.717, 1.165) is 4.90 Å². The summed E-state index contributed by atoms with van der Waals surface area (Å²) in [5, 5.41) is 11.6. The molecule has 2 aromatic carbocycles. The molecule has 1 heterocycles.